The highest BCUT2D eigenvalue weighted by Gasteiger charge is 2.40. The first kappa shape index (κ1) is 15.6. The number of ether oxygens (including phenoxy) is 2. The second-order valence-electron chi connectivity index (χ2n) is 6.02. The van der Waals surface area contributed by atoms with Gasteiger partial charge >= 0.3 is 12.1 Å². The van der Waals surface area contributed by atoms with Crippen LogP contribution < -0.4 is 0 Å². The van der Waals surface area contributed by atoms with Crippen LogP contribution in [0.25, 0.3) is 0 Å². The molecule has 0 bridgehead atoms. The fourth-order valence-corrected chi connectivity index (χ4v) is 3.21. The van der Waals surface area contributed by atoms with Gasteiger partial charge in [0.25, 0.3) is 0 Å². The van der Waals surface area contributed by atoms with Crippen molar-refractivity contribution >= 4 is 12.1 Å². The van der Waals surface area contributed by atoms with E-state index in [1.54, 1.807) is 11.8 Å². The van der Waals surface area contributed by atoms with E-state index in [0.717, 1.165) is 24.8 Å². The molecule has 0 aliphatic carbocycles. The van der Waals surface area contributed by atoms with Crippen molar-refractivity contribution in [2.24, 2.45) is 5.92 Å². The van der Waals surface area contributed by atoms with Crippen molar-refractivity contribution in [3.8, 4) is 0 Å². The summed E-state index contributed by atoms with van der Waals surface area (Å²) in [6.07, 6.45) is 4.19. The Morgan fingerprint density at radius 3 is 2.78 bits per heavy atom. The fourth-order valence-electron chi connectivity index (χ4n) is 3.21. The van der Waals surface area contributed by atoms with Crippen LogP contribution in [0, 0.1) is 5.92 Å². The van der Waals surface area contributed by atoms with Crippen LogP contribution in [-0.2, 0) is 20.9 Å². The smallest absolute Gasteiger partial charge is 0.410 e. The van der Waals surface area contributed by atoms with Crippen LogP contribution in [0.3, 0.4) is 0 Å². The second-order valence-corrected chi connectivity index (χ2v) is 6.02. The number of likely N-dealkylation sites (tertiary alicyclic amines) is 1. The van der Waals surface area contributed by atoms with Crippen molar-refractivity contribution in [1.82, 2.24) is 4.90 Å². The van der Waals surface area contributed by atoms with E-state index >= 15 is 0 Å². The van der Waals surface area contributed by atoms with Gasteiger partial charge in [-0.2, -0.15) is 0 Å². The summed E-state index contributed by atoms with van der Waals surface area (Å²) < 4.78 is 10.6. The van der Waals surface area contributed by atoms with E-state index in [2.05, 4.69) is 0 Å². The number of amides is 1. The summed E-state index contributed by atoms with van der Waals surface area (Å²) in [6, 6.07) is 9.41. The number of hydrogen-bond donors (Lipinski definition) is 0. The zero-order valence-electron chi connectivity index (χ0n) is 13.2. The third-order valence-corrected chi connectivity index (χ3v) is 4.35. The van der Waals surface area contributed by atoms with Gasteiger partial charge < -0.3 is 14.4 Å². The molecule has 2 aliphatic rings. The minimum absolute atomic E-state index is 0.169. The summed E-state index contributed by atoms with van der Waals surface area (Å²) in [5, 5.41) is 0. The Hall–Kier alpha value is -2.30. The lowest BCUT2D eigenvalue weighted by atomic mass is 9.91. The maximum absolute atomic E-state index is 12.5. The summed E-state index contributed by atoms with van der Waals surface area (Å²) in [7, 11) is 0. The van der Waals surface area contributed by atoms with E-state index in [1.165, 1.54) is 0 Å². The van der Waals surface area contributed by atoms with E-state index < -0.39 is 0 Å². The average Bonchev–Trinajstić information content (AvgIpc) is 2.92. The Balaban J connectivity index is 1.66. The van der Waals surface area contributed by atoms with Crippen molar-refractivity contribution < 1.29 is 19.1 Å². The van der Waals surface area contributed by atoms with Crippen LogP contribution in [0.1, 0.15) is 31.7 Å². The number of carbonyl (C=O) groups is 2. The van der Waals surface area contributed by atoms with E-state index in [0.29, 0.717) is 12.3 Å². The minimum atomic E-state index is -0.375. The molecule has 2 aliphatic heterocycles. The molecule has 1 aromatic carbocycles. The van der Waals surface area contributed by atoms with Crippen molar-refractivity contribution in [1.29, 1.82) is 0 Å². The van der Waals surface area contributed by atoms with Gasteiger partial charge in [-0.1, -0.05) is 30.3 Å². The lowest BCUT2D eigenvalue weighted by Crippen LogP contribution is -2.48. The van der Waals surface area contributed by atoms with E-state index in [-0.39, 0.29) is 30.6 Å². The highest BCUT2D eigenvalue weighted by molar-refractivity contribution is 5.80. The molecular weight excluding hydrogens is 294 g/mol. The van der Waals surface area contributed by atoms with Gasteiger partial charge in [-0.3, -0.25) is 4.79 Å². The molecule has 1 saturated heterocycles. The number of cyclic esters (lactones) is 1. The van der Waals surface area contributed by atoms with Gasteiger partial charge in [0.05, 0.1) is 12.0 Å². The summed E-state index contributed by atoms with van der Waals surface area (Å²) in [6.45, 7) is 2.63. The largest absolute Gasteiger partial charge is 0.445 e. The Labute approximate surface area is 135 Å². The molecule has 5 nitrogen and oxygen atoms in total. The standard InChI is InChI=1S/C18H21NO4/c1-13-11-15(17(20)23-13)16-9-5-6-10-19(16)18(21)22-12-14-7-3-2-4-8-14/h2-4,7-8,11,15-16H,5-6,9-10,12H2,1H3/t15?,16-/m1/s1. The lowest BCUT2D eigenvalue weighted by Gasteiger charge is -2.36. The van der Waals surface area contributed by atoms with Gasteiger partial charge in [-0.25, -0.2) is 4.79 Å². The Bertz CT molecular complexity index is 611. The summed E-state index contributed by atoms with van der Waals surface area (Å²) in [5.74, 6) is -0.0296. The van der Waals surface area contributed by atoms with Gasteiger partial charge in [-0.15, -0.1) is 0 Å². The summed E-state index contributed by atoms with van der Waals surface area (Å²) in [5.41, 5.74) is 0.949. The monoisotopic (exact) mass is 315 g/mol. The molecular formula is C18H21NO4. The van der Waals surface area contributed by atoms with Gasteiger partial charge in [-0.05, 0) is 37.8 Å². The SMILES string of the molecule is CC1=CC([C@H]2CCCCN2C(=O)OCc2ccccc2)C(=O)O1. The Morgan fingerprint density at radius 2 is 2.09 bits per heavy atom. The average molecular weight is 315 g/mol. The molecule has 3 rings (SSSR count). The maximum Gasteiger partial charge on any atom is 0.410 e. The van der Waals surface area contributed by atoms with Crippen LogP contribution in [0.4, 0.5) is 4.79 Å². The number of benzene rings is 1. The molecule has 2 heterocycles. The molecule has 1 amide bonds. The first-order valence-electron chi connectivity index (χ1n) is 8.02. The van der Waals surface area contributed by atoms with Gasteiger partial charge in [0.1, 0.15) is 12.4 Å². The predicted molar refractivity (Wildman–Crippen MR) is 84.3 cm³/mol. The molecule has 23 heavy (non-hydrogen) atoms. The van der Waals surface area contributed by atoms with Crippen molar-refractivity contribution in [3.63, 3.8) is 0 Å². The third-order valence-electron chi connectivity index (χ3n) is 4.35. The number of nitrogens with zero attached hydrogens (tertiary/aromatic N) is 1. The normalized spacial score (nSPS) is 24.1. The number of hydrogen-bond acceptors (Lipinski definition) is 4. The van der Waals surface area contributed by atoms with E-state index in [4.69, 9.17) is 9.47 Å². The topological polar surface area (TPSA) is 55.8 Å². The van der Waals surface area contributed by atoms with Crippen LogP contribution in [0.15, 0.2) is 42.2 Å². The minimum Gasteiger partial charge on any atom is -0.445 e. The zero-order chi connectivity index (χ0) is 16.2. The highest BCUT2D eigenvalue weighted by Crippen LogP contribution is 2.30. The van der Waals surface area contributed by atoms with Crippen LogP contribution in [0.5, 0.6) is 0 Å². The van der Waals surface area contributed by atoms with Crippen molar-refractivity contribution in [2.45, 2.75) is 38.8 Å². The van der Waals surface area contributed by atoms with Crippen LogP contribution in [-0.4, -0.2) is 29.5 Å². The van der Waals surface area contributed by atoms with E-state index in [9.17, 15) is 9.59 Å². The molecule has 0 N–H and O–H groups in total. The molecule has 0 saturated carbocycles. The molecule has 1 fully saturated rings. The van der Waals surface area contributed by atoms with Crippen molar-refractivity contribution in [2.75, 3.05) is 6.54 Å². The lowest BCUT2D eigenvalue weighted by molar-refractivity contribution is -0.141. The van der Waals surface area contributed by atoms with Crippen LogP contribution in [0.2, 0.25) is 0 Å². The molecule has 2 atom stereocenters. The molecule has 0 aromatic heterocycles. The van der Waals surface area contributed by atoms with E-state index in [1.807, 2.05) is 36.4 Å². The van der Waals surface area contributed by atoms with Gasteiger partial charge in [0.2, 0.25) is 0 Å². The first-order chi connectivity index (χ1) is 11.1. The predicted octanol–water partition coefficient (Wildman–Crippen LogP) is 3.25. The quantitative estimate of drug-likeness (QED) is 0.803. The third kappa shape index (κ3) is 3.55. The van der Waals surface area contributed by atoms with Crippen molar-refractivity contribution in [3.05, 3.63) is 47.7 Å². The Kier molecular flexibility index (Phi) is 4.65. The molecule has 5 heteroatoms. The van der Waals surface area contributed by atoms with Gasteiger partial charge in [0.15, 0.2) is 0 Å². The number of esters is 1. The first-order valence-corrected chi connectivity index (χ1v) is 8.02. The maximum atomic E-state index is 12.5. The molecule has 1 unspecified atom stereocenters. The van der Waals surface area contributed by atoms with Crippen LogP contribution >= 0.6 is 0 Å². The Morgan fingerprint density at radius 1 is 1.30 bits per heavy atom. The highest BCUT2D eigenvalue weighted by atomic mass is 16.6. The number of allylic oxidation sites excluding steroid dienone is 1. The molecule has 1 aromatic rings. The molecule has 0 radical (unpaired) electrons. The number of carbonyl (C=O) groups excluding carboxylic acids is 2. The van der Waals surface area contributed by atoms with Gasteiger partial charge in [0, 0.05) is 6.54 Å². The zero-order valence-corrected chi connectivity index (χ0v) is 13.2. The fraction of sp³-hybridized carbons (Fsp3) is 0.444. The summed E-state index contributed by atoms with van der Waals surface area (Å²) >= 11 is 0. The second kappa shape index (κ2) is 6.86. The summed E-state index contributed by atoms with van der Waals surface area (Å²) in [4.78, 5) is 26.1. The molecule has 122 valence electrons. The molecule has 0 spiro atoms. The number of piperidine rings is 1. The number of rotatable bonds is 3.